The SMILES string of the molecule is NC(=O)c1cc(N)ccc1Nc1cccc2ccccc12. The van der Waals surface area contributed by atoms with Gasteiger partial charge in [-0.15, -0.1) is 0 Å². The van der Waals surface area contributed by atoms with Gasteiger partial charge >= 0.3 is 0 Å². The van der Waals surface area contributed by atoms with Crippen molar-refractivity contribution in [3.8, 4) is 0 Å². The van der Waals surface area contributed by atoms with Crippen molar-refractivity contribution in [2.75, 3.05) is 11.1 Å². The highest BCUT2D eigenvalue weighted by molar-refractivity contribution is 6.02. The van der Waals surface area contributed by atoms with Gasteiger partial charge in [-0.05, 0) is 29.7 Å². The number of hydrogen-bond acceptors (Lipinski definition) is 3. The number of amides is 1. The van der Waals surface area contributed by atoms with E-state index in [1.165, 1.54) is 0 Å². The Bertz CT molecular complexity index is 822. The van der Waals surface area contributed by atoms with Crippen LogP contribution in [0.15, 0.2) is 60.7 Å². The zero-order valence-corrected chi connectivity index (χ0v) is 11.3. The monoisotopic (exact) mass is 277 g/mol. The molecule has 0 aliphatic heterocycles. The Kier molecular flexibility index (Phi) is 3.20. The van der Waals surface area contributed by atoms with Crippen LogP contribution in [0.25, 0.3) is 10.8 Å². The molecular weight excluding hydrogens is 262 g/mol. The van der Waals surface area contributed by atoms with Gasteiger partial charge in [0.2, 0.25) is 0 Å². The number of benzene rings is 3. The van der Waals surface area contributed by atoms with Crippen LogP contribution in [0.2, 0.25) is 0 Å². The maximum atomic E-state index is 11.6. The number of hydrogen-bond donors (Lipinski definition) is 3. The van der Waals surface area contributed by atoms with E-state index in [1.54, 1.807) is 18.2 Å². The molecule has 0 aromatic heterocycles. The standard InChI is InChI=1S/C17H15N3O/c18-12-8-9-16(14(10-12)17(19)21)20-15-7-3-5-11-4-1-2-6-13(11)15/h1-10,20H,18H2,(H2,19,21). The van der Waals surface area contributed by atoms with E-state index in [0.717, 1.165) is 16.5 Å². The summed E-state index contributed by atoms with van der Waals surface area (Å²) in [5.74, 6) is -0.509. The number of carbonyl (C=O) groups excluding carboxylic acids is 1. The molecule has 0 fully saturated rings. The maximum Gasteiger partial charge on any atom is 0.250 e. The molecule has 3 aromatic carbocycles. The van der Waals surface area contributed by atoms with Gasteiger partial charge in [0, 0.05) is 16.8 Å². The normalized spacial score (nSPS) is 10.5. The number of nitrogens with one attached hydrogen (secondary N) is 1. The summed E-state index contributed by atoms with van der Waals surface area (Å²) in [5, 5.41) is 5.47. The summed E-state index contributed by atoms with van der Waals surface area (Å²) in [6.45, 7) is 0. The van der Waals surface area contributed by atoms with Crippen LogP contribution in [0, 0.1) is 0 Å². The van der Waals surface area contributed by atoms with Crippen molar-refractivity contribution in [3.05, 3.63) is 66.2 Å². The third-order valence-electron chi connectivity index (χ3n) is 3.37. The average molecular weight is 277 g/mol. The number of carbonyl (C=O) groups is 1. The molecule has 5 N–H and O–H groups in total. The van der Waals surface area contributed by atoms with E-state index >= 15 is 0 Å². The molecule has 0 bridgehead atoms. The van der Waals surface area contributed by atoms with Crippen molar-refractivity contribution in [2.45, 2.75) is 0 Å². The van der Waals surface area contributed by atoms with Crippen molar-refractivity contribution < 1.29 is 4.79 Å². The first-order chi connectivity index (χ1) is 10.1. The van der Waals surface area contributed by atoms with Gasteiger partial charge in [-0.25, -0.2) is 0 Å². The van der Waals surface area contributed by atoms with Crippen LogP contribution in [0.3, 0.4) is 0 Å². The minimum absolute atomic E-state index is 0.378. The third-order valence-corrected chi connectivity index (χ3v) is 3.37. The van der Waals surface area contributed by atoms with Crippen molar-refractivity contribution >= 4 is 33.7 Å². The van der Waals surface area contributed by atoms with E-state index in [1.807, 2.05) is 42.5 Å². The van der Waals surface area contributed by atoms with Crippen LogP contribution in [-0.4, -0.2) is 5.91 Å². The lowest BCUT2D eigenvalue weighted by atomic mass is 10.1. The fraction of sp³-hybridized carbons (Fsp3) is 0. The lowest BCUT2D eigenvalue weighted by molar-refractivity contribution is 0.100. The lowest BCUT2D eigenvalue weighted by Gasteiger charge is -2.13. The largest absolute Gasteiger partial charge is 0.399 e. The van der Waals surface area contributed by atoms with Crippen molar-refractivity contribution in [2.24, 2.45) is 5.73 Å². The molecule has 0 atom stereocenters. The van der Waals surface area contributed by atoms with Gasteiger partial charge in [0.15, 0.2) is 0 Å². The number of anilines is 3. The molecular formula is C17H15N3O. The number of nitrogens with two attached hydrogens (primary N) is 2. The second-order valence-electron chi connectivity index (χ2n) is 4.82. The molecule has 4 heteroatoms. The summed E-state index contributed by atoms with van der Waals surface area (Å²) < 4.78 is 0. The molecule has 3 rings (SSSR count). The summed E-state index contributed by atoms with van der Waals surface area (Å²) in [6.07, 6.45) is 0. The van der Waals surface area contributed by atoms with Gasteiger partial charge in [-0.1, -0.05) is 36.4 Å². The topological polar surface area (TPSA) is 81.1 Å². The molecule has 4 nitrogen and oxygen atoms in total. The third kappa shape index (κ3) is 2.51. The van der Waals surface area contributed by atoms with E-state index in [0.29, 0.717) is 16.9 Å². The quantitative estimate of drug-likeness (QED) is 0.643. The molecule has 1 amide bonds. The molecule has 0 saturated carbocycles. The van der Waals surface area contributed by atoms with Gasteiger partial charge in [0.1, 0.15) is 0 Å². The molecule has 3 aromatic rings. The molecule has 21 heavy (non-hydrogen) atoms. The predicted octanol–water partition coefficient (Wildman–Crippen LogP) is 3.26. The highest BCUT2D eigenvalue weighted by atomic mass is 16.1. The van der Waals surface area contributed by atoms with Crippen LogP contribution in [0.1, 0.15) is 10.4 Å². The van der Waals surface area contributed by atoms with E-state index in [2.05, 4.69) is 5.32 Å². The Morgan fingerprint density at radius 3 is 2.48 bits per heavy atom. The van der Waals surface area contributed by atoms with Gasteiger partial charge in [0.05, 0.1) is 11.3 Å². The molecule has 0 radical (unpaired) electrons. The summed E-state index contributed by atoms with van der Waals surface area (Å²) in [4.78, 5) is 11.6. The highest BCUT2D eigenvalue weighted by Gasteiger charge is 2.10. The second-order valence-corrected chi connectivity index (χ2v) is 4.82. The minimum atomic E-state index is -0.509. The van der Waals surface area contributed by atoms with Crippen molar-refractivity contribution in [1.29, 1.82) is 0 Å². The first-order valence-corrected chi connectivity index (χ1v) is 6.59. The van der Waals surface area contributed by atoms with Crippen LogP contribution >= 0.6 is 0 Å². The average Bonchev–Trinajstić information content (AvgIpc) is 2.49. The van der Waals surface area contributed by atoms with Crippen molar-refractivity contribution in [1.82, 2.24) is 0 Å². The first kappa shape index (κ1) is 13.0. The van der Waals surface area contributed by atoms with E-state index in [4.69, 9.17) is 11.5 Å². The smallest absolute Gasteiger partial charge is 0.250 e. The molecule has 0 saturated heterocycles. The second kappa shape index (κ2) is 5.17. The van der Waals surface area contributed by atoms with E-state index in [9.17, 15) is 4.79 Å². The van der Waals surface area contributed by atoms with E-state index < -0.39 is 5.91 Å². The van der Waals surface area contributed by atoms with Crippen LogP contribution < -0.4 is 16.8 Å². The van der Waals surface area contributed by atoms with Crippen LogP contribution in [0.4, 0.5) is 17.1 Å². The van der Waals surface area contributed by atoms with Gasteiger partial charge in [0.25, 0.3) is 5.91 Å². The lowest BCUT2D eigenvalue weighted by Crippen LogP contribution is -2.13. The number of fused-ring (bicyclic) bond motifs is 1. The molecule has 0 unspecified atom stereocenters. The van der Waals surface area contributed by atoms with E-state index in [-0.39, 0.29) is 0 Å². The van der Waals surface area contributed by atoms with Crippen molar-refractivity contribution in [3.63, 3.8) is 0 Å². The summed E-state index contributed by atoms with van der Waals surface area (Å²) in [7, 11) is 0. The summed E-state index contributed by atoms with van der Waals surface area (Å²) in [5.41, 5.74) is 13.6. The Labute approximate surface area is 122 Å². The van der Waals surface area contributed by atoms with Crippen LogP contribution in [0.5, 0.6) is 0 Å². The molecule has 0 aliphatic carbocycles. The highest BCUT2D eigenvalue weighted by Crippen LogP contribution is 2.28. The Morgan fingerprint density at radius 1 is 0.905 bits per heavy atom. The fourth-order valence-electron chi connectivity index (χ4n) is 2.35. The van der Waals surface area contributed by atoms with Gasteiger partial charge < -0.3 is 16.8 Å². The Hall–Kier alpha value is -3.01. The van der Waals surface area contributed by atoms with Gasteiger partial charge in [-0.2, -0.15) is 0 Å². The first-order valence-electron chi connectivity index (χ1n) is 6.59. The summed E-state index contributed by atoms with van der Waals surface area (Å²) >= 11 is 0. The molecule has 104 valence electrons. The summed E-state index contributed by atoms with van der Waals surface area (Å²) in [6, 6.07) is 19.1. The molecule has 0 heterocycles. The number of primary amides is 1. The zero-order valence-electron chi connectivity index (χ0n) is 11.3. The Balaban J connectivity index is 2.09. The fourth-order valence-corrected chi connectivity index (χ4v) is 2.35. The zero-order chi connectivity index (χ0) is 14.8. The number of rotatable bonds is 3. The van der Waals surface area contributed by atoms with Crippen LogP contribution in [-0.2, 0) is 0 Å². The Morgan fingerprint density at radius 2 is 1.67 bits per heavy atom. The molecule has 0 aliphatic rings. The maximum absolute atomic E-state index is 11.6. The minimum Gasteiger partial charge on any atom is -0.399 e. The van der Waals surface area contributed by atoms with Gasteiger partial charge in [-0.3, -0.25) is 4.79 Å². The predicted molar refractivity (Wildman–Crippen MR) is 86.6 cm³/mol. The number of nitrogen functional groups attached to an aromatic ring is 1. The molecule has 0 spiro atoms.